The molecule has 1 N–H and O–H groups in total. The van der Waals surface area contributed by atoms with Crippen LogP contribution in [-0.4, -0.2) is 16.7 Å². The first-order valence-electron chi connectivity index (χ1n) is 5.03. The summed E-state index contributed by atoms with van der Waals surface area (Å²) in [6.07, 6.45) is 4.64. The third-order valence-corrected chi connectivity index (χ3v) is 3.06. The quantitative estimate of drug-likeness (QED) is 0.694. The number of carbonyl (C=O) groups excluding carboxylic acids is 1. The summed E-state index contributed by atoms with van der Waals surface area (Å²) in [4.78, 5) is 10.8. The molecule has 0 spiro atoms. The molecule has 1 aliphatic rings. The van der Waals surface area contributed by atoms with E-state index in [1.807, 2.05) is 0 Å². The van der Waals surface area contributed by atoms with Crippen molar-refractivity contribution in [3.8, 4) is 0 Å². The lowest BCUT2D eigenvalue weighted by atomic mass is 9.74. The van der Waals surface area contributed by atoms with Gasteiger partial charge >= 0.3 is 0 Å². The van der Waals surface area contributed by atoms with E-state index < -0.39 is 17.5 Å². The van der Waals surface area contributed by atoms with Crippen LogP contribution in [0.5, 0.6) is 0 Å². The normalized spacial score (nSPS) is 23.8. The molecule has 0 aliphatic heterocycles. The molecule has 1 saturated carbocycles. The number of aliphatic hydroxyl groups is 1. The van der Waals surface area contributed by atoms with Crippen LogP contribution in [0.2, 0.25) is 0 Å². The summed E-state index contributed by atoms with van der Waals surface area (Å²) >= 11 is 0. The van der Waals surface area contributed by atoms with Crippen LogP contribution in [0, 0.1) is 5.92 Å². The number of hydrogen-bond acceptors (Lipinski definition) is 3. The lowest BCUT2D eigenvalue weighted by Crippen LogP contribution is -2.48. The van der Waals surface area contributed by atoms with Crippen molar-refractivity contribution >= 4 is 5.97 Å². The maximum atomic E-state index is 10.8. The topological polar surface area (TPSA) is 60.4 Å². The summed E-state index contributed by atoms with van der Waals surface area (Å²) < 4.78 is 0. The van der Waals surface area contributed by atoms with Crippen LogP contribution < -0.4 is 5.11 Å². The number of aliphatic carboxylic acids is 1. The Morgan fingerprint density at radius 1 is 1.46 bits per heavy atom. The SMILES string of the molecule is CCC(C(=O)[O-])C1(O)CCCCC1. The van der Waals surface area contributed by atoms with Crippen LogP contribution in [0.1, 0.15) is 45.4 Å². The van der Waals surface area contributed by atoms with Crippen LogP contribution in [0.4, 0.5) is 0 Å². The zero-order valence-electron chi connectivity index (χ0n) is 8.08. The zero-order chi connectivity index (χ0) is 9.90. The fourth-order valence-corrected chi connectivity index (χ4v) is 2.28. The van der Waals surface area contributed by atoms with Crippen molar-refractivity contribution in [2.75, 3.05) is 0 Å². The predicted octanol–water partition coefficient (Wildman–Crippen LogP) is 0.458. The summed E-state index contributed by atoms with van der Waals surface area (Å²) in [5, 5.41) is 20.8. The van der Waals surface area contributed by atoms with Gasteiger partial charge in [0.1, 0.15) is 0 Å². The highest BCUT2D eigenvalue weighted by molar-refractivity contribution is 5.69. The molecule has 0 aromatic heterocycles. The van der Waals surface area contributed by atoms with Crippen molar-refractivity contribution in [1.29, 1.82) is 0 Å². The van der Waals surface area contributed by atoms with Crippen molar-refractivity contribution in [3.63, 3.8) is 0 Å². The lowest BCUT2D eigenvalue weighted by Gasteiger charge is -2.39. The molecular weight excluding hydrogens is 168 g/mol. The second-order valence-corrected chi connectivity index (χ2v) is 3.94. The van der Waals surface area contributed by atoms with Gasteiger partial charge in [0.2, 0.25) is 0 Å². The number of rotatable bonds is 3. The number of hydrogen-bond donors (Lipinski definition) is 1. The van der Waals surface area contributed by atoms with Crippen molar-refractivity contribution in [1.82, 2.24) is 0 Å². The van der Waals surface area contributed by atoms with E-state index in [0.717, 1.165) is 19.3 Å². The summed E-state index contributed by atoms with van der Waals surface area (Å²) in [5.41, 5.74) is -0.994. The van der Waals surface area contributed by atoms with E-state index in [2.05, 4.69) is 0 Å². The highest BCUT2D eigenvalue weighted by atomic mass is 16.4. The first kappa shape index (κ1) is 10.5. The summed E-state index contributed by atoms with van der Waals surface area (Å²) in [5.74, 6) is -1.79. The van der Waals surface area contributed by atoms with Crippen molar-refractivity contribution in [2.24, 2.45) is 5.92 Å². The molecule has 0 saturated heterocycles. The molecule has 1 aliphatic carbocycles. The van der Waals surface area contributed by atoms with E-state index in [-0.39, 0.29) is 0 Å². The van der Waals surface area contributed by atoms with Gasteiger partial charge in [0.25, 0.3) is 0 Å². The molecule has 1 fully saturated rings. The van der Waals surface area contributed by atoms with Gasteiger partial charge in [-0.2, -0.15) is 0 Å². The molecule has 0 amide bonds. The molecule has 13 heavy (non-hydrogen) atoms. The monoisotopic (exact) mass is 185 g/mol. The third kappa shape index (κ3) is 2.21. The van der Waals surface area contributed by atoms with E-state index in [1.165, 1.54) is 0 Å². The Balaban J connectivity index is 2.68. The zero-order valence-corrected chi connectivity index (χ0v) is 8.08. The van der Waals surface area contributed by atoms with Crippen LogP contribution in [0.3, 0.4) is 0 Å². The van der Waals surface area contributed by atoms with Gasteiger partial charge in [0, 0.05) is 11.9 Å². The minimum Gasteiger partial charge on any atom is -0.550 e. The van der Waals surface area contributed by atoms with Crippen molar-refractivity contribution in [2.45, 2.75) is 51.0 Å². The second-order valence-electron chi connectivity index (χ2n) is 3.94. The largest absolute Gasteiger partial charge is 0.550 e. The Morgan fingerprint density at radius 3 is 2.38 bits per heavy atom. The first-order valence-corrected chi connectivity index (χ1v) is 5.03. The van der Waals surface area contributed by atoms with Gasteiger partial charge in [-0.15, -0.1) is 0 Å². The molecule has 0 heterocycles. The average Bonchev–Trinajstić information content (AvgIpc) is 2.05. The maximum Gasteiger partial charge on any atom is 0.0727 e. The molecule has 3 nitrogen and oxygen atoms in total. The van der Waals surface area contributed by atoms with Crippen molar-refractivity contribution in [3.05, 3.63) is 0 Å². The molecule has 1 unspecified atom stereocenters. The van der Waals surface area contributed by atoms with E-state index in [1.54, 1.807) is 6.92 Å². The van der Waals surface area contributed by atoms with Crippen LogP contribution in [-0.2, 0) is 4.79 Å². The number of carboxylic acids is 1. The second kappa shape index (κ2) is 4.09. The standard InChI is InChI=1S/C10H18O3/c1-2-8(9(11)12)10(13)6-4-3-5-7-10/h8,13H,2-7H2,1H3,(H,11,12)/p-1. The highest BCUT2D eigenvalue weighted by Gasteiger charge is 2.37. The summed E-state index contributed by atoms with van der Waals surface area (Å²) in [6.45, 7) is 1.78. The Bertz CT molecular complexity index is 183. The maximum absolute atomic E-state index is 10.8. The Morgan fingerprint density at radius 2 is 2.00 bits per heavy atom. The molecule has 76 valence electrons. The fraction of sp³-hybridized carbons (Fsp3) is 0.900. The average molecular weight is 185 g/mol. The number of carbonyl (C=O) groups is 1. The van der Waals surface area contributed by atoms with Gasteiger partial charge < -0.3 is 15.0 Å². The predicted molar refractivity (Wildman–Crippen MR) is 46.8 cm³/mol. The van der Waals surface area contributed by atoms with Gasteiger partial charge in [-0.25, -0.2) is 0 Å². The molecule has 0 bridgehead atoms. The third-order valence-electron chi connectivity index (χ3n) is 3.06. The highest BCUT2D eigenvalue weighted by Crippen LogP contribution is 2.35. The molecule has 0 aromatic rings. The minimum atomic E-state index is -1.10. The molecule has 1 atom stereocenters. The Hall–Kier alpha value is -0.570. The molecule has 0 aromatic carbocycles. The molecule has 0 radical (unpaired) electrons. The van der Waals surface area contributed by atoms with Gasteiger partial charge in [0.05, 0.1) is 5.60 Å². The molecule has 1 rings (SSSR count). The smallest absolute Gasteiger partial charge is 0.0727 e. The van der Waals surface area contributed by atoms with Gasteiger partial charge in [0.15, 0.2) is 0 Å². The van der Waals surface area contributed by atoms with Gasteiger partial charge in [-0.3, -0.25) is 0 Å². The number of carboxylic acid groups (broad SMARTS) is 1. The summed E-state index contributed by atoms with van der Waals surface area (Å²) in [7, 11) is 0. The van der Waals surface area contributed by atoms with E-state index in [0.29, 0.717) is 19.3 Å². The lowest BCUT2D eigenvalue weighted by molar-refractivity contribution is -0.318. The Kier molecular flexibility index (Phi) is 3.31. The van der Waals surface area contributed by atoms with Gasteiger partial charge in [-0.1, -0.05) is 26.2 Å². The van der Waals surface area contributed by atoms with Gasteiger partial charge in [-0.05, 0) is 19.3 Å². The van der Waals surface area contributed by atoms with E-state index >= 15 is 0 Å². The van der Waals surface area contributed by atoms with Crippen LogP contribution in [0.25, 0.3) is 0 Å². The van der Waals surface area contributed by atoms with Crippen molar-refractivity contribution < 1.29 is 15.0 Å². The molecule has 3 heteroatoms. The first-order chi connectivity index (χ1) is 6.10. The van der Waals surface area contributed by atoms with Crippen LogP contribution in [0.15, 0.2) is 0 Å². The Labute approximate surface area is 78.8 Å². The minimum absolute atomic E-state index is 0.457. The summed E-state index contributed by atoms with van der Waals surface area (Å²) in [6, 6.07) is 0. The van der Waals surface area contributed by atoms with E-state index in [4.69, 9.17) is 0 Å². The van der Waals surface area contributed by atoms with E-state index in [9.17, 15) is 15.0 Å². The molecular formula is C10H17O3-. The fourth-order valence-electron chi connectivity index (χ4n) is 2.28. The van der Waals surface area contributed by atoms with Crippen LogP contribution >= 0.6 is 0 Å².